The molecule has 2 amide bonds. The lowest BCUT2D eigenvalue weighted by molar-refractivity contribution is -0.116. The molecule has 22 heavy (non-hydrogen) atoms. The highest BCUT2D eigenvalue weighted by molar-refractivity contribution is 6.02. The maximum Gasteiger partial charge on any atom is 0.251 e. The van der Waals surface area contributed by atoms with E-state index in [1.807, 2.05) is 13.1 Å². The van der Waals surface area contributed by atoms with Crippen molar-refractivity contribution >= 4 is 17.5 Å². The fourth-order valence-corrected chi connectivity index (χ4v) is 2.70. The predicted octanol–water partition coefficient (Wildman–Crippen LogP) is 2.43. The van der Waals surface area contributed by atoms with Gasteiger partial charge in [0, 0.05) is 29.8 Å². The van der Waals surface area contributed by atoms with E-state index in [1.54, 1.807) is 12.1 Å². The van der Waals surface area contributed by atoms with Crippen molar-refractivity contribution in [3.05, 3.63) is 29.3 Å². The van der Waals surface area contributed by atoms with Gasteiger partial charge in [0.05, 0.1) is 0 Å². The van der Waals surface area contributed by atoms with E-state index in [0.29, 0.717) is 18.5 Å². The SMILES string of the molecule is CNCCCCCCCC(=O)Nc1cccc2c1CNC2=O. The van der Waals surface area contributed by atoms with Gasteiger partial charge in [0.25, 0.3) is 5.91 Å². The molecule has 0 saturated carbocycles. The van der Waals surface area contributed by atoms with Gasteiger partial charge >= 0.3 is 0 Å². The maximum absolute atomic E-state index is 12.0. The van der Waals surface area contributed by atoms with Crippen molar-refractivity contribution in [3.63, 3.8) is 0 Å². The van der Waals surface area contributed by atoms with Crippen LogP contribution in [0.2, 0.25) is 0 Å². The van der Waals surface area contributed by atoms with E-state index < -0.39 is 0 Å². The van der Waals surface area contributed by atoms with E-state index in [9.17, 15) is 9.59 Å². The number of anilines is 1. The molecular formula is C17H25N3O2. The van der Waals surface area contributed by atoms with Crippen LogP contribution in [-0.4, -0.2) is 25.4 Å². The van der Waals surface area contributed by atoms with Crippen LogP contribution < -0.4 is 16.0 Å². The Morgan fingerprint density at radius 1 is 1.18 bits per heavy atom. The van der Waals surface area contributed by atoms with Crippen LogP contribution in [0.3, 0.4) is 0 Å². The summed E-state index contributed by atoms with van der Waals surface area (Å²) in [4.78, 5) is 23.6. The number of rotatable bonds is 9. The molecule has 1 aromatic carbocycles. The summed E-state index contributed by atoms with van der Waals surface area (Å²) in [6.45, 7) is 1.56. The summed E-state index contributed by atoms with van der Waals surface area (Å²) < 4.78 is 0. The molecule has 1 aliphatic rings. The van der Waals surface area contributed by atoms with Gasteiger partial charge in [0.1, 0.15) is 0 Å². The van der Waals surface area contributed by atoms with Crippen LogP contribution in [0.4, 0.5) is 5.69 Å². The third-order valence-corrected chi connectivity index (χ3v) is 3.95. The number of benzene rings is 1. The largest absolute Gasteiger partial charge is 0.348 e. The van der Waals surface area contributed by atoms with Crippen LogP contribution >= 0.6 is 0 Å². The molecule has 120 valence electrons. The molecule has 0 fully saturated rings. The Morgan fingerprint density at radius 3 is 2.77 bits per heavy atom. The van der Waals surface area contributed by atoms with Crippen LogP contribution in [0.15, 0.2) is 18.2 Å². The summed E-state index contributed by atoms with van der Waals surface area (Å²) in [5, 5.41) is 8.85. The molecule has 1 aliphatic heterocycles. The Labute approximate surface area is 131 Å². The van der Waals surface area contributed by atoms with E-state index in [2.05, 4.69) is 16.0 Å². The molecule has 5 nitrogen and oxygen atoms in total. The molecule has 3 N–H and O–H groups in total. The zero-order chi connectivity index (χ0) is 15.8. The van der Waals surface area contributed by atoms with Crippen LogP contribution in [0, 0.1) is 0 Å². The first-order valence-corrected chi connectivity index (χ1v) is 8.07. The van der Waals surface area contributed by atoms with Crippen molar-refractivity contribution in [2.75, 3.05) is 18.9 Å². The molecule has 0 saturated heterocycles. The zero-order valence-electron chi connectivity index (χ0n) is 13.2. The van der Waals surface area contributed by atoms with Crippen LogP contribution in [-0.2, 0) is 11.3 Å². The number of amides is 2. The first-order chi connectivity index (χ1) is 10.7. The number of unbranched alkanes of at least 4 members (excludes halogenated alkanes) is 4. The Morgan fingerprint density at radius 2 is 1.95 bits per heavy atom. The highest BCUT2D eigenvalue weighted by atomic mass is 16.2. The number of hydrogen-bond acceptors (Lipinski definition) is 3. The summed E-state index contributed by atoms with van der Waals surface area (Å²) in [6, 6.07) is 5.45. The zero-order valence-corrected chi connectivity index (χ0v) is 13.2. The Hall–Kier alpha value is -1.88. The Bertz CT molecular complexity index is 529. The van der Waals surface area contributed by atoms with Gasteiger partial charge in [-0.1, -0.05) is 25.3 Å². The van der Waals surface area contributed by atoms with E-state index in [0.717, 1.165) is 30.6 Å². The highest BCUT2D eigenvalue weighted by Gasteiger charge is 2.21. The topological polar surface area (TPSA) is 70.2 Å². The van der Waals surface area contributed by atoms with Crippen molar-refractivity contribution in [2.24, 2.45) is 0 Å². The van der Waals surface area contributed by atoms with Crippen molar-refractivity contribution < 1.29 is 9.59 Å². The summed E-state index contributed by atoms with van der Waals surface area (Å²) >= 11 is 0. The fraction of sp³-hybridized carbons (Fsp3) is 0.529. The number of carbonyl (C=O) groups is 2. The van der Waals surface area contributed by atoms with Gasteiger partial charge in [-0.25, -0.2) is 0 Å². The predicted molar refractivity (Wildman–Crippen MR) is 87.9 cm³/mol. The summed E-state index contributed by atoms with van der Waals surface area (Å²) in [7, 11) is 1.97. The lowest BCUT2D eigenvalue weighted by Gasteiger charge is -2.09. The van der Waals surface area contributed by atoms with Gasteiger partial charge in [0.2, 0.25) is 5.91 Å². The second kappa shape index (κ2) is 8.54. The van der Waals surface area contributed by atoms with Gasteiger partial charge in [-0.15, -0.1) is 0 Å². The summed E-state index contributed by atoms with van der Waals surface area (Å²) in [5.41, 5.74) is 2.32. The van der Waals surface area contributed by atoms with E-state index in [1.165, 1.54) is 19.3 Å². The monoisotopic (exact) mass is 303 g/mol. The lowest BCUT2D eigenvalue weighted by atomic mass is 10.1. The number of carbonyl (C=O) groups excluding carboxylic acids is 2. The molecule has 0 bridgehead atoms. The molecule has 1 heterocycles. The number of hydrogen-bond donors (Lipinski definition) is 3. The molecule has 0 aliphatic carbocycles. The van der Waals surface area contributed by atoms with Crippen LogP contribution in [0.1, 0.15) is 54.4 Å². The Kier molecular flexibility index (Phi) is 6.40. The van der Waals surface area contributed by atoms with Gasteiger partial charge in [-0.3, -0.25) is 9.59 Å². The fourth-order valence-electron chi connectivity index (χ4n) is 2.70. The van der Waals surface area contributed by atoms with Gasteiger partial charge in [-0.05, 0) is 38.6 Å². The normalized spacial score (nSPS) is 12.9. The second-order valence-corrected chi connectivity index (χ2v) is 5.68. The molecule has 0 atom stereocenters. The van der Waals surface area contributed by atoms with Crippen LogP contribution in [0.25, 0.3) is 0 Å². The first-order valence-electron chi connectivity index (χ1n) is 8.07. The quantitative estimate of drug-likeness (QED) is 0.614. The average Bonchev–Trinajstić information content (AvgIpc) is 2.89. The third kappa shape index (κ3) is 4.56. The first kappa shape index (κ1) is 16.5. The van der Waals surface area contributed by atoms with Gasteiger partial charge < -0.3 is 16.0 Å². The summed E-state index contributed by atoms with van der Waals surface area (Å²) in [6.07, 6.45) is 6.12. The van der Waals surface area contributed by atoms with E-state index >= 15 is 0 Å². The van der Waals surface area contributed by atoms with Gasteiger partial charge in [-0.2, -0.15) is 0 Å². The highest BCUT2D eigenvalue weighted by Crippen LogP contribution is 2.24. The minimum atomic E-state index is -0.0623. The standard InChI is InChI=1S/C17H25N3O2/c1-18-11-6-4-2-3-5-10-16(21)20-15-9-7-8-13-14(15)12-19-17(13)22/h7-9,18H,2-6,10-12H2,1H3,(H,19,22)(H,20,21). The smallest absolute Gasteiger partial charge is 0.251 e. The molecule has 2 rings (SSSR count). The van der Waals surface area contributed by atoms with E-state index in [-0.39, 0.29) is 11.8 Å². The molecular weight excluding hydrogens is 278 g/mol. The molecule has 0 spiro atoms. The lowest BCUT2D eigenvalue weighted by Crippen LogP contribution is -2.13. The average molecular weight is 303 g/mol. The second-order valence-electron chi connectivity index (χ2n) is 5.68. The number of nitrogens with one attached hydrogen (secondary N) is 3. The molecule has 0 aromatic heterocycles. The third-order valence-electron chi connectivity index (χ3n) is 3.95. The van der Waals surface area contributed by atoms with Crippen molar-refractivity contribution in [1.29, 1.82) is 0 Å². The van der Waals surface area contributed by atoms with E-state index in [4.69, 9.17) is 0 Å². The van der Waals surface area contributed by atoms with Gasteiger partial charge in [0.15, 0.2) is 0 Å². The minimum Gasteiger partial charge on any atom is -0.348 e. The van der Waals surface area contributed by atoms with Crippen molar-refractivity contribution in [2.45, 2.75) is 45.1 Å². The molecule has 0 radical (unpaired) electrons. The Balaban J connectivity index is 1.71. The summed E-state index contributed by atoms with van der Waals surface area (Å²) in [5.74, 6) is -0.0318. The van der Waals surface area contributed by atoms with Crippen molar-refractivity contribution in [3.8, 4) is 0 Å². The molecule has 5 heteroatoms. The maximum atomic E-state index is 12.0. The van der Waals surface area contributed by atoms with Crippen LogP contribution in [0.5, 0.6) is 0 Å². The number of fused-ring (bicyclic) bond motifs is 1. The minimum absolute atomic E-state index is 0.0305. The molecule has 1 aromatic rings. The van der Waals surface area contributed by atoms with Crippen molar-refractivity contribution in [1.82, 2.24) is 10.6 Å². The molecule has 0 unspecified atom stereocenters.